The maximum absolute atomic E-state index is 6.65. The molecule has 0 spiro atoms. The molecule has 1 atom stereocenters. The van der Waals surface area contributed by atoms with Crippen LogP contribution in [0.5, 0.6) is 17.2 Å². The molecule has 3 aromatic carbocycles. The Morgan fingerprint density at radius 1 is 0.903 bits per heavy atom. The minimum atomic E-state index is -0.234. The van der Waals surface area contributed by atoms with Crippen LogP contribution in [-0.2, 0) is 0 Å². The zero-order valence-electron chi connectivity index (χ0n) is 18.6. The Labute approximate surface area is 183 Å². The Kier molecular flexibility index (Phi) is 4.47. The van der Waals surface area contributed by atoms with E-state index in [9.17, 15) is 0 Å². The monoisotopic (exact) mass is 413 g/mol. The smallest absolute Gasteiger partial charge is 0.150 e. The summed E-state index contributed by atoms with van der Waals surface area (Å²) >= 11 is 0. The van der Waals surface area contributed by atoms with E-state index in [1.165, 1.54) is 11.1 Å². The van der Waals surface area contributed by atoms with E-state index in [4.69, 9.17) is 14.2 Å². The van der Waals surface area contributed by atoms with Gasteiger partial charge in [-0.3, -0.25) is 0 Å². The highest BCUT2D eigenvalue weighted by atomic mass is 16.5. The summed E-state index contributed by atoms with van der Waals surface area (Å²) in [5, 5.41) is 3.68. The summed E-state index contributed by atoms with van der Waals surface area (Å²) in [5.74, 6) is 2.48. The third-order valence-electron chi connectivity index (χ3n) is 6.08. The maximum atomic E-state index is 6.65. The minimum Gasteiger partial charge on any atom is -0.497 e. The van der Waals surface area contributed by atoms with Crippen molar-refractivity contribution >= 4 is 11.3 Å². The third-order valence-corrected chi connectivity index (χ3v) is 6.08. The number of ether oxygens (including phenoxy) is 3. The Hall–Kier alpha value is -3.40. The molecule has 0 saturated carbocycles. The number of benzene rings is 3. The number of rotatable bonds is 3. The van der Waals surface area contributed by atoms with Crippen LogP contribution in [0, 0.1) is 0 Å². The lowest BCUT2D eigenvalue weighted by Gasteiger charge is -2.37. The third kappa shape index (κ3) is 3.14. The molecule has 5 rings (SSSR count). The van der Waals surface area contributed by atoms with Gasteiger partial charge >= 0.3 is 0 Å². The van der Waals surface area contributed by atoms with Gasteiger partial charge in [-0.2, -0.15) is 0 Å². The quantitative estimate of drug-likeness (QED) is 0.535. The van der Waals surface area contributed by atoms with Crippen molar-refractivity contribution in [1.29, 1.82) is 0 Å². The summed E-state index contributed by atoms with van der Waals surface area (Å²) in [6.45, 7) is 6.56. The molecule has 3 aromatic rings. The molecule has 1 unspecified atom stereocenters. The molecule has 4 heteroatoms. The largest absolute Gasteiger partial charge is 0.497 e. The molecular weight excluding hydrogens is 386 g/mol. The fourth-order valence-electron chi connectivity index (χ4n) is 4.88. The van der Waals surface area contributed by atoms with Gasteiger partial charge in [0.2, 0.25) is 0 Å². The zero-order chi connectivity index (χ0) is 21.8. The Morgan fingerprint density at radius 3 is 2.39 bits per heavy atom. The first-order chi connectivity index (χ1) is 14.9. The number of fused-ring (bicyclic) bond motifs is 5. The van der Waals surface area contributed by atoms with Crippen LogP contribution in [0.2, 0.25) is 0 Å². The molecule has 2 aliphatic heterocycles. The molecule has 2 aliphatic rings. The molecular formula is C27H27NO3. The molecule has 0 bridgehead atoms. The van der Waals surface area contributed by atoms with Gasteiger partial charge < -0.3 is 19.5 Å². The molecule has 2 heterocycles. The normalized spacial score (nSPS) is 17.8. The van der Waals surface area contributed by atoms with Crippen LogP contribution >= 0.6 is 0 Å². The van der Waals surface area contributed by atoms with Crippen molar-refractivity contribution in [3.8, 4) is 28.4 Å². The molecule has 158 valence electrons. The number of hydrogen-bond donors (Lipinski definition) is 1. The molecule has 0 amide bonds. The summed E-state index contributed by atoms with van der Waals surface area (Å²) in [6.07, 6.45) is 2.06. The van der Waals surface area contributed by atoms with Crippen LogP contribution in [0.15, 0.2) is 60.7 Å². The summed E-state index contributed by atoms with van der Waals surface area (Å²) in [6, 6.07) is 18.5. The SMILES string of the molecule is COc1ccc(C2Oc3cccc(OC)c3-c3ccc4c(c32)C(C)=CC(C)(C)N4)cc1. The molecule has 0 radical (unpaired) electrons. The summed E-state index contributed by atoms with van der Waals surface area (Å²) < 4.78 is 17.7. The Bertz CT molecular complexity index is 1190. The average molecular weight is 414 g/mol. The highest BCUT2D eigenvalue weighted by molar-refractivity contribution is 5.91. The molecule has 31 heavy (non-hydrogen) atoms. The first-order valence-electron chi connectivity index (χ1n) is 10.5. The number of anilines is 1. The summed E-state index contributed by atoms with van der Waals surface area (Å²) in [7, 11) is 3.39. The van der Waals surface area contributed by atoms with Crippen molar-refractivity contribution in [2.24, 2.45) is 0 Å². The van der Waals surface area contributed by atoms with Gasteiger partial charge in [0, 0.05) is 16.8 Å². The first kappa shape index (κ1) is 19.6. The fourth-order valence-corrected chi connectivity index (χ4v) is 4.88. The number of allylic oxidation sites excluding steroid dienone is 1. The van der Waals surface area contributed by atoms with Crippen molar-refractivity contribution in [2.75, 3.05) is 19.5 Å². The van der Waals surface area contributed by atoms with Gasteiger partial charge in [0.1, 0.15) is 17.2 Å². The highest BCUT2D eigenvalue weighted by Gasteiger charge is 2.35. The van der Waals surface area contributed by atoms with E-state index in [1.54, 1.807) is 14.2 Å². The van der Waals surface area contributed by atoms with Crippen molar-refractivity contribution < 1.29 is 14.2 Å². The lowest BCUT2D eigenvalue weighted by Crippen LogP contribution is -2.32. The molecule has 0 aliphatic carbocycles. The molecule has 4 nitrogen and oxygen atoms in total. The van der Waals surface area contributed by atoms with E-state index < -0.39 is 0 Å². The van der Waals surface area contributed by atoms with E-state index in [2.05, 4.69) is 56.4 Å². The van der Waals surface area contributed by atoms with Gasteiger partial charge in [0.25, 0.3) is 0 Å². The lowest BCUT2D eigenvalue weighted by molar-refractivity contribution is 0.241. The molecule has 0 saturated heterocycles. The summed E-state index contributed by atoms with van der Waals surface area (Å²) in [5.41, 5.74) is 7.87. The predicted molar refractivity (Wildman–Crippen MR) is 125 cm³/mol. The second-order valence-electron chi connectivity index (χ2n) is 8.73. The van der Waals surface area contributed by atoms with Crippen LogP contribution in [0.4, 0.5) is 5.69 Å². The van der Waals surface area contributed by atoms with E-state index >= 15 is 0 Å². The lowest BCUT2D eigenvalue weighted by atomic mass is 9.80. The summed E-state index contributed by atoms with van der Waals surface area (Å²) in [4.78, 5) is 0. The van der Waals surface area contributed by atoms with Crippen LogP contribution in [0.3, 0.4) is 0 Å². The topological polar surface area (TPSA) is 39.7 Å². The van der Waals surface area contributed by atoms with E-state index in [1.807, 2.05) is 30.3 Å². The minimum absolute atomic E-state index is 0.105. The van der Waals surface area contributed by atoms with Crippen LogP contribution in [0.25, 0.3) is 16.7 Å². The molecule has 1 N–H and O–H groups in total. The van der Waals surface area contributed by atoms with E-state index in [0.29, 0.717) is 0 Å². The van der Waals surface area contributed by atoms with E-state index in [-0.39, 0.29) is 11.6 Å². The average Bonchev–Trinajstić information content (AvgIpc) is 2.76. The van der Waals surface area contributed by atoms with Gasteiger partial charge in [0.05, 0.1) is 25.3 Å². The van der Waals surface area contributed by atoms with Crippen molar-refractivity contribution in [2.45, 2.75) is 32.4 Å². The standard InChI is InChI=1S/C27H27NO3/c1-16-15-27(2,3)28-20-14-13-19-24-21(30-5)7-6-8-22(24)31-26(25(19)23(16)20)17-9-11-18(29-4)12-10-17/h6-15,26,28H,1-5H3. The zero-order valence-corrected chi connectivity index (χ0v) is 18.6. The Morgan fingerprint density at radius 2 is 1.68 bits per heavy atom. The van der Waals surface area contributed by atoms with Crippen LogP contribution in [-0.4, -0.2) is 19.8 Å². The predicted octanol–water partition coefficient (Wildman–Crippen LogP) is 6.46. The van der Waals surface area contributed by atoms with Crippen LogP contribution in [0.1, 0.15) is 43.6 Å². The van der Waals surface area contributed by atoms with Crippen molar-refractivity contribution in [3.63, 3.8) is 0 Å². The first-order valence-corrected chi connectivity index (χ1v) is 10.5. The number of hydrogen-bond acceptors (Lipinski definition) is 4. The van der Waals surface area contributed by atoms with Gasteiger partial charge in [-0.05, 0) is 67.8 Å². The Balaban J connectivity index is 1.79. The molecule has 0 fully saturated rings. The number of nitrogens with one attached hydrogen (secondary N) is 1. The van der Waals surface area contributed by atoms with Crippen LogP contribution < -0.4 is 19.5 Å². The second-order valence-corrected chi connectivity index (χ2v) is 8.73. The molecule has 0 aromatic heterocycles. The maximum Gasteiger partial charge on any atom is 0.150 e. The van der Waals surface area contributed by atoms with Gasteiger partial charge in [0.15, 0.2) is 6.10 Å². The van der Waals surface area contributed by atoms with Gasteiger partial charge in [-0.15, -0.1) is 0 Å². The van der Waals surface area contributed by atoms with Crippen molar-refractivity contribution in [3.05, 3.63) is 77.4 Å². The van der Waals surface area contributed by atoms with Crippen molar-refractivity contribution in [1.82, 2.24) is 0 Å². The number of methoxy groups -OCH3 is 2. The second kappa shape index (κ2) is 7.09. The van der Waals surface area contributed by atoms with Gasteiger partial charge in [-0.25, -0.2) is 0 Å². The fraction of sp³-hybridized carbons (Fsp3) is 0.259. The van der Waals surface area contributed by atoms with E-state index in [0.717, 1.165) is 45.2 Å². The highest BCUT2D eigenvalue weighted by Crippen LogP contribution is 2.53. The van der Waals surface area contributed by atoms with Gasteiger partial charge in [-0.1, -0.05) is 30.3 Å².